The number of anilines is 1. The van der Waals surface area contributed by atoms with Crippen LogP contribution in [0.3, 0.4) is 0 Å². The summed E-state index contributed by atoms with van der Waals surface area (Å²) in [6.07, 6.45) is 3.67. The van der Waals surface area contributed by atoms with Crippen molar-refractivity contribution in [1.29, 1.82) is 5.41 Å². The second kappa shape index (κ2) is 6.86. The fourth-order valence-electron chi connectivity index (χ4n) is 1.99. The Balaban J connectivity index is 1.95. The molecule has 1 aliphatic rings. The Morgan fingerprint density at radius 2 is 2.32 bits per heavy atom. The fraction of sp³-hybridized carbons (Fsp3) is 0.538. The first kappa shape index (κ1) is 14.3. The van der Waals surface area contributed by atoms with Gasteiger partial charge >= 0.3 is 0 Å². The van der Waals surface area contributed by atoms with E-state index in [1.807, 2.05) is 6.07 Å². The molecule has 1 aliphatic heterocycles. The predicted molar refractivity (Wildman–Crippen MR) is 77.8 cm³/mol. The topological polar surface area (TPSA) is 67.2 Å². The number of pyridine rings is 1. The molecule has 2 heterocycles. The van der Waals surface area contributed by atoms with Crippen molar-refractivity contribution in [2.75, 3.05) is 32.2 Å². The summed E-state index contributed by atoms with van der Waals surface area (Å²) in [4.78, 5) is 4.23. The summed E-state index contributed by atoms with van der Waals surface area (Å²) in [6.45, 7) is 2.14. The molecule has 0 aromatic carbocycles. The van der Waals surface area contributed by atoms with Gasteiger partial charge in [0.05, 0.1) is 12.3 Å². The first-order valence-electron chi connectivity index (χ1n) is 6.33. The lowest BCUT2D eigenvalue weighted by Crippen LogP contribution is -2.22. The van der Waals surface area contributed by atoms with E-state index in [0.29, 0.717) is 18.2 Å². The molecule has 104 valence electrons. The molecular formula is C13H18BrN3O2. The molecule has 0 spiro atoms. The molecule has 0 unspecified atom stereocenters. The van der Waals surface area contributed by atoms with Gasteiger partial charge in [0.25, 0.3) is 0 Å². The molecule has 0 aliphatic carbocycles. The summed E-state index contributed by atoms with van der Waals surface area (Å²) in [6, 6.07) is 1.88. The Labute approximate surface area is 121 Å². The SMILES string of the molecule is CNc1cc(Br)cnc1C(=N)OCC1CCOCC1. The van der Waals surface area contributed by atoms with Crippen molar-refractivity contribution < 1.29 is 9.47 Å². The highest BCUT2D eigenvalue weighted by Crippen LogP contribution is 2.20. The van der Waals surface area contributed by atoms with Gasteiger partial charge in [-0.2, -0.15) is 0 Å². The van der Waals surface area contributed by atoms with Crippen LogP contribution in [0, 0.1) is 11.3 Å². The number of aromatic nitrogens is 1. The number of hydrogen-bond donors (Lipinski definition) is 2. The third-order valence-electron chi connectivity index (χ3n) is 3.14. The summed E-state index contributed by atoms with van der Waals surface area (Å²) in [7, 11) is 1.80. The zero-order chi connectivity index (χ0) is 13.7. The molecule has 0 radical (unpaired) electrons. The van der Waals surface area contributed by atoms with E-state index in [1.165, 1.54) is 0 Å². The smallest absolute Gasteiger partial charge is 0.234 e. The first-order valence-corrected chi connectivity index (χ1v) is 7.12. The number of rotatable bonds is 4. The van der Waals surface area contributed by atoms with E-state index in [9.17, 15) is 0 Å². The molecule has 2 N–H and O–H groups in total. The highest BCUT2D eigenvalue weighted by molar-refractivity contribution is 9.10. The Bertz CT molecular complexity index is 448. The second-order valence-corrected chi connectivity index (χ2v) is 5.41. The summed E-state index contributed by atoms with van der Waals surface area (Å²) in [5, 5.41) is 11.0. The van der Waals surface area contributed by atoms with E-state index in [1.54, 1.807) is 13.2 Å². The van der Waals surface area contributed by atoms with E-state index in [2.05, 4.69) is 26.2 Å². The van der Waals surface area contributed by atoms with Crippen LogP contribution in [0.1, 0.15) is 18.5 Å². The number of hydrogen-bond acceptors (Lipinski definition) is 5. The molecule has 19 heavy (non-hydrogen) atoms. The van der Waals surface area contributed by atoms with Crippen LogP contribution in [-0.4, -0.2) is 37.8 Å². The van der Waals surface area contributed by atoms with Crippen molar-refractivity contribution in [2.24, 2.45) is 5.92 Å². The van der Waals surface area contributed by atoms with E-state index in [4.69, 9.17) is 14.9 Å². The Kier molecular flexibility index (Phi) is 5.15. The third kappa shape index (κ3) is 3.91. The monoisotopic (exact) mass is 327 g/mol. The van der Waals surface area contributed by atoms with Gasteiger partial charge in [0.15, 0.2) is 0 Å². The molecule has 0 saturated carbocycles. The van der Waals surface area contributed by atoms with Crippen LogP contribution in [-0.2, 0) is 9.47 Å². The van der Waals surface area contributed by atoms with E-state index < -0.39 is 0 Å². The van der Waals surface area contributed by atoms with Gasteiger partial charge in [-0.25, -0.2) is 4.98 Å². The normalized spacial score (nSPS) is 16.1. The molecule has 5 nitrogen and oxygen atoms in total. The van der Waals surface area contributed by atoms with Gasteiger partial charge in [-0.15, -0.1) is 0 Å². The van der Waals surface area contributed by atoms with Crippen molar-refractivity contribution in [3.8, 4) is 0 Å². The van der Waals surface area contributed by atoms with Crippen LogP contribution >= 0.6 is 15.9 Å². The Hall–Kier alpha value is -1.14. The van der Waals surface area contributed by atoms with Gasteiger partial charge < -0.3 is 14.8 Å². The second-order valence-electron chi connectivity index (χ2n) is 4.50. The van der Waals surface area contributed by atoms with Gasteiger partial charge in [-0.05, 0) is 40.8 Å². The number of halogens is 1. The minimum Gasteiger partial charge on any atom is -0.476 e. The van der Waals surface area contributed by atoms with Gasteiger partial charge in [0.1, 0.15) is 5.69 Å². The van der Waals surface area contributed by atoms with Gasteiger partial charge in [-0.1, -0.05) is 0 Å². The van der Waals surface area contributed by atoms with Gasteiger partial charge in [0, 0.05) is 30.9 Å². The maximum Gasteiger partial charge on any atom is 0.234 e. The number of ether oxygens (including phenoxy) is 2. The van der Waals surface area contributed by atoms with Crippen LogP contribution in [0.25, 0.3) is 0 Å². The van der Waals surface area contributed by atoms with E-state index in [0.717, 1.165) is 36.2 Å². The van der Waals surface area contributed by atoms with Crippen LogP contribution in [0.2, 0.25) is 0 Å². The standard InChI is InChI=1S/C13H18BrN3O2/c1-16-11-6-10(14)7-17-12(11)13(15)19-8-9-2-4-18-5-3-9/h6-7,9,15-16H,2-5,8H2,1H3. The Morgan fingerprint density at radius 3 is 3.00 bits per heavy atom. The summed E-state index contributed by atoms with van der Waals surface area (Å²) in [5.74, 6) is 0.589. The lowest BCUT2D eigenvalue weighted by Gasteiger charge is -2.22. The lowest BCUT2D eigenvalue weighted by atomic mass is 10.0. The van der Waals surface area contributed by atoms with E-state index in [-0.39, 0.29) is 5.90 Å². The van der Waals surface area contributed by atoms with Crippen molar-refractivity contribution in [1.82, 2.24) is 4.98 Å². The summed E-state index contributed by atoms with van der Waals surface area (Å²) in [5.41, 5.74) is 1.32. The average Bonchev–Trinajstić information content (AvgIpc) is 2.45. The van der Waals surface area contributed by atoms with E-state index >= 15 is 0 Å². The highest BCUT2D eigenvalue weighted by atomic mass is 79.9. The zero-order valence-corrected chi connectivity index (χ0v) is 12.5. The first-order chi connectivity index (χ1) is 9.20. The zero-order valence-electron chi connectivity index (χ0n) is 10.9. The molecule has 6 heteroatoms. The quantitative estimate of drug-likeness (QED) is 0.659. The predicted octanol–water partition coefficient (Wildman–Crippen LogP) is 2.65. The molecule has 1 saturated heterocycles. The lowest BCUT2D eigenvalue weighted by molar-refractivity contribution is 0.0477. The third-order valence-corrected chi connectivity index (χ3v) is 3.58. The Morgan fingerprint density at radius 1 is 1.58 bits per heavy atom. The molecule has 1 aromatic rings. The van der Waals surface area contributed by atoms with Crippen molar-refractivity contribution >= 4 is 27.5 Å². The maximum atomic E-state index is 7.99. The van der Waals surface area contributed by atoms with Crippen molar-refractivity contribution in [2.45, 2.75) is 12.8 Å². The molecule has 0 amide bonds. The van der Waals surface area contributed by atoms with Crippen molar-refractivity contribution in [3.63, 3.8) is 0 Å². The molecule has 2 rings (SSSR count). The number of nitrogens with zero attached hydrogens (tertiary/aromatic N) is 1. The van der Waals surface area contributed by atoms with Gasteiger partial charge in [-0.3, -0.25) is 5.41 Å². The van der Waals surface area contributed by atoms with Crippen LogP contribution in [0.5, 0.6) is 0 Å². The van der Waals surface area contributed by atoms with Crippen molar-refractivity contribution in [3.05, 3.63) is 22.4 Å². The van der Waals surface area contributed by atoms with Crippen LogP contribution in [0.4, 0.5) is 5.69 Å². The minimum absolute atomic E-state index is 0.114. The molecule has 1 aromatic heterocycles. The van der Waals surface area contributed by atoms with Crippen LogP contribution < -0.4 is 5.32 Å². The molecular weight excluding hydrogens is 310 g/mol. The van der Waals surface area contributed by atoms with Gasteiger partial charge in [0.2, 0.25) is 5.90 Å². The molecule has 1 fully saturated rings. The number of nitrogens with one attached hydrogen (secondary N) is 2. The largest absolute Gasteiger partial charge is 0.476 e. The molecule has 0 atom stereocenters. The summed E-state index contributed by atoms with van der Waals surface area (Å²) < 4.78 is 11.7. The average molecular weight is 328 g/mol. The summed E-state index contributed by atoms with van der Waals surface area (Å²) >= 11 is 3.36. The van der Waals surface area contributed by atoms with Crippen LogP contribution in [0.15, 0.2) is 16.7 Å². The maximum absolute atomic E-state index is 7.99. The highest BCUT2D eigenvalue weighted by Gasteiger charge is 2.17. The minimum atomic E-state index is 0.114. The molecule has 0 bridgehead atoms. The fourth-order valence-corrected chi connectivity index (χ4v) is 2.32.